The van der Waals surface area contributed by atoms with Crippen LogP contribution >= 0.6 is 0 Å². The highest BCUT2D eigenvalue weighted by Gasteiger charge is 2.32. The summed E-state index contributed by atoms with van der Waals surface area (Å²) in [7, 11) is 1.85. The van der Waals surface area contributed by atoms with Crippen LogP contribution in [-0.4, -0.2) is 25.4 Å². The Morgan fingerprint density at radius 2 is 1.68 bits per heavy atom. The zero-order chi connectivity index (χ0) is 29.3. The number of carbonyl (C=O) groups is 1. The smallest absolute Gasteiger partial charge is 0.383 e. The summed E-state index contributed by atoms with van der Waals surface area (Å²) < 4.78 is 68.6. The lowest BCUT2D eigenvalue weighted by molar-refractivity contribution is -0.137. The number of nitrogens with two attached hydrogens (primary N) is 1. The molecule has 0 spiro atoms. The SMILES string of the molecule is Cn1cc(-c2ccc(CNc3ncc(C(F)(F)F)cc3C(=O)NCc3ccc(F)c(F)c3)cc2)c2c(N)ncnc21. The number of rotatable bonds is 7. The van der Waals surface area contributed by atoms with Crippen LogP contribution in [0.25, 0.3) is 22.2 Å². The van der Waals surface area contributed by atoms with Crippen LogP contribution in [0, 0.1) is 11.6 Å². The Hall–Kier alpha value is -5.07. The van der Waals surface area contributed by atoms with Crippen molar-refractivity contribution in [3.8, 4) is 11.1 Å². The fraction of sp³-hybridized carbons (Fsp3) is 0.143. The average molecular weight is 568 g/mol. The molecule has 3 heterocycles. The van der Waals surface area contributed by atoms with Crippen LogP contribution in [0.5, 0.6) is 0 Å². The molecule has 5 aromatic rings. The molecule has 13 heteroatoms. The number of hydrogen-bond donors (Lipinski definition) is 3. The standard InChI is InChI=1S/C28H22F5N7O/c1-40-13-20(23-24(34)38-14-39-26(23)40)17-5-2-15(3-6-17)10-35-25-19(9-18(12-36-25)28(31,32)33)27(41)37-11-16-4-7-21(29)22(30)8-16/h2-9,12-14H,10-11H2,1H3,(H,35,36)(H,37,41)(H2,34,38,39). The molecule has 0 bridgehead atoms. The zero-order valence-electron chi connectivity index (χ0n) is 21.4. The van der Waals surface area contributed by atoms with Crippen LogP contribution in [0.15, 0.2) is 67.3 Å². The fourth-order valence-electron chi connectivity index (χ4n) is 4.30. The minimum Gasteiger partial charge on any atom is -0.383 e. The first kappa shape index (κ1) is 27.5. The number of halogens is 5. The zero-order valence-corrected chi connectivity index (χ0v) is 21.4. The highest BCUT2D eigenvalue weighted by Crippen LogP contribution is 2.33. The molecular weight excluding hydrogens is 545 g/mol. The first-order chi connectivity index (χ1) is 19.5. The predicted octanol–water partition coefficient (Wildman–Crippen LogP) is 5.45. The van der Waals surface area contributed by atoms with Gasteiger partial charge in [-0.3, -0.25) is 4.79 Å². The number of amides is 1. The van der Waals surface area contributed by atoms with Crippen molar-refractivity contribution in [1.29, 1.82) is 0 Å². The molecule has 0 saturated heterocycles. The summed E-state index contributed by atoms with van der Waals surface area (Å²) >= 11 is 0. The third-order valence-electron chi connectivity index (χ3n) is 6.40. The Morgan fingerprint density at radius 3 is 2.39 bits per heavy atom. The molecule has 8 nitrogen and oxygen atoms in total. The number of benzene rings is 2. The summed E-state index contributed by atoms with van der Waals surface area (Å²) in [6, 6.07) is 11.1. The van der Waals surface area contributed by atoms with Crippen LogP contribution in [0.2, 0.25) is 0 Å². The van der Waals surface area contributed by atoms with E-state index < -0.39 is 29.3 Å². The summed E-state index contributed by atoms with van der Waals surface area (Å²) in [4.78, 5) is 25.1. The van der Waals surface area contributed by atoms with E-state index >= 15 is 0 Å². The van der Waals surface area contributed by atoms with Crippen molar-refractivity contribution in [2.75, 3.05) is 11.1 Å². The van der Waals surface area contributed by atoms with Crippen molar-refractivity contribution < 1.29 is 26.7 Å². The van der Waals surface area contributed by atoms with Crippen LogP contribution in [-0.2, 0) is 26.3 Å². The summed E-state index contributed by atoms with van der Waals surface area (Å²) in [5.41, 5.74) is 7.97. The van der Waals surface area contributed by atoms with Crippen LogP contribution < -0.4 is 16.4 Å². The molecule has 0 aliphatic heterocycles. The van der Waals surface area contributed by atoms with Gasteiger partial charge in [-0.25, -0.2) is 23.7 Å². The van der Waals surface area contributed by atoms with Crippen molar-refractivity contribution in [1.82, 2.24) is 24.8 Å². The van der Waals surface area contributed by atoms with Gasteiger partial charge < -0.3 is 20.9 Å². The molecule has 0 aliphatic rings. The molecule has 0 unspecified atom stereocenters. The number of hydrogen-bond acceptors (Lipinski definition) is 6. The Bertz CT molecular complexity index is 1750. The minimum atomic E-state index is -4.73. The van der Waals surface area contributed by atoms with E-state index in [4.69, 9.17) is 5.73 Å². The number of anilines is 2. The van der Waals surface area contributed by atoms with E-state index in [9.17, 15) is 26.7 Å². The number of carbonyl (C=O) groups excluding carboxylic acids is 1. The number of nitrogen functional groups attached to an aromatic ring is 1. The fourth-order valence-corrected chi connectivity index (χ4v) is 4.30. The van der Waals surface area contributed by atoms with Gasteiger partial charge in [-0.1, -0.05) is 30.3 Å². The van der Waals surface area contributed by atoms with Crippen LogP contribution in [0.4, 0.5) is 33.6 Å². The molecule has 0 aliphatic carbocycles. The van der Waals surface area contributed by atoms with Gasteiger partial charge in [0.2, 0.25) is 0 Å². The van der Waals surface area contributed by atoms with E-state index in [1.54, 1.807) is 0 Å². The second-order valence-electron chi connectivity index (χ2n) is 9.21. The van der Waals surface area contributed by atoms with E-state index in [0.717, 1.165) is 28.8 Å². The lowest BCUT2D eigenvalue weighted by Gasteiger charge is -2.15. The topological polar surface area (TPSA) is 111 Å². The molecule has 210 valence electrons. The van der Waals surface area contributed by atoms with E-state index in [2.05, 4.69) is 25.6 Å². The first-order valence-electron chi connectivity index (χ1n) is 12.2. The van der Waals surface area contributed by atoms with Gasteiger partial charge >= 0.3 is 6.18 Å². The average Bonchev–Trinajstić information content (AvgIpc) is 3.29. The maximum absolute atomic E-state index is 13.5. The Morgan fingerprint density at radius 1 is 0.951 bits per heavy atom. The normalized spacial score (nSPS) is 11.6. The lowest BCUT2D eigenvalue weighted by atomic mass is 10.0. The molecule has 3 aromatic heterocycles. The summed E-state index contributed by atoms with van der Waals surface area (Å²) in [5, 5.41) is 6.06. The number of alkyl halides is 3. The molecule has 41 heavy (non-hydrogen) atoms. The molecule has 1 amide bonds. The summed E-state index contributed by atoms with van der Waals surface area (Å²) in [5.74, 6) is -2.77. The molecule has 0 atom stereocenters. The largest absolute Gasteiger partial charge is 0.417 e. The minimum absolute atomic E-state index is 0.0798. The molecule has 2 aromatic carbocycles. The number of nitrogens with one attached hydrogen (secondary N) is 2. The lowest BCUT2D eigenvalue weighted by Crippen LogP contribution is -2.25. The van der Waals surface area contributed by atoms with Crippen molar-refractivity contribution in [2.45, 2.75) is 19.3 Å². The monoisotopic (exact) mass is 567 g/mol. The van der Waals surface area contributed by atoms with E-state index in [0.29, 0.717) is 29.1 Å². The van der Waals surface area contributed by atoms with Crippen molar-refractivity contribution in [2.24, 2.45) is 7.05 Å². The van der Waals surface area contributed by atoms with Gasteiger partial charge in [-0.05, 0) is 34.9 Å². The molecule has 0 radical (unpaired) electrons. The Labute approximate surface area is 230 Å². The van der Waals surface area contributed by atoms with Gasteiger partial charge in [0, 0.05) is 38.1 Å². The molecule has 0 saturated carbocycles. The van der Waals surface area contributed by atoms with Gasteiger partial charge in [0.05, 0.1) is 16.5 Å². The van der Waals surface area contributed by atoms with Gasteiger partial charge in [-0.2, -0.15) is 13.2 Å². The molecule has 5 rings (SSSR count). The van der Waals surface area contributed by atoms with E-state index in [1.807, 2.05) is 42.1 Å². The molecule has 0 fully saturated rings. The number of pyridine rings is 1. The first-order valence-corrected chi connectivity index (χ1v) is 12.2. The van der Waals surface area contributed by atoms with Crippen LogP contribution in [0.3, 0.4) is 0 Å². The number of fused-ring (bicyclic) bond motifs is 1. The van der Waals surface area contributed by atoms with E-state index in [-0.39, 0.29) is 30.0 Å². The maximum Gasteiger partial charge on any atom is 0.417 e. The highest BCUT2D eigenvalue weighted by molar-refractivity contribution is 6.00. The second-order valence-corrected chi connectivity index (χ2v) is 9.21. The van der Waals surface area contributed by atoms with Gasteiger partial charge in [-0.15, -0.1) is 0 Å². The number of nitrogens with zero attached hydrogens (tertiary/aromatic N) is 4. The molecule has 4 N–H and O–H groups in total. The van der Waals surface area contributed by atoms with E-state index in [1.165, 1.54) is 12.4 Å². The van der Waals surface area contributed by atoms with Crippen LogP contribution in [0.1, 0.15) is 27.0 Å². The predicted molar refractivity (Wildman–Crippen MR) is 142 cm³/mol. The Balaban J connectivity index is 1.35. The summed E-state index contributed by atoms with van der Waals surface area (Å²) in [6.07, 6.45) is -0.819. The highest BCUT2D eigenvalue weighted by atomic mass is 19.4. The number of aryl methyl sites for hydroxylation is 1. The Kier molecular flexibility index (Phi) is 7.26. The van der Waals surface area contributed by atoms with Gasteiger partial charge in [0.25, 0.3) is 5.91 Å². The quantitative estimate of drug-likeness (QED) is 0.226. The van der Waals surface area contributed by atoms with Gasteiger partial charge in [0.1, 0.15) is 23.6 Å². The third kappa shape index (κ3) is 5.78. The second kappa shape index (κ2) is 10.8. The van der Waals surface area contributed by atoms with Crippen molar-refractivity contribution in [3.05, 3.63) is 101 Å². The molecular formula is C28H22F5N7O. The van der Waals surface area contributed by atoms with Crippen molar-refractivity contribution >= 4 is 28.6 Å². The summed E-state index contributed by atoms with van der Waals surface area (Å²) in [6.45, 7) is -0.0974. The van der Waals surface area contributed by atoms with Crippen molar-refractivity contribution in [3.63, 3.8) is 0 Å². The third-order valence-corrected chi connectivity index (χ3v) is 6.40. The number of aromatic nitrogens is 4. The maximum atomic E-state index is 13.5. The van der Waals surface area contributed by atoms with Gasteiger partial charge in [0.15, 0.2) is 11.6 Å².